The molecule has 2 unspecified atom stereocenters. The first-order valence-electron chi connectivity index (χ1n) is 5.62. The van der Waals surface area contributed by atoms with Gasteiger partial charge in [-0.3, -0.25) is 9.59 Å². The smallest absolute Gasteiger partial charge is 0.308 e. The molecule has 0 aliphatic carbocycles. The fraction of sp³-hybridized carbons (Fsp3) is 0.385. The zero-order valence-electron chi connectivity index (χ0n) is 10.5. The van der Waals surface area contributed by atoms with Crippen LogP contribution in [0.5, 0.6) is 0 Å². The van der Waals surface area contributed by atoms with E-state index in [4.69, 9.17) is 5.11 Å². The van der Waals surface area contributed by atoms with Gasteiger partial charge in [0.1, 0.15) is 5.82 Å². The summed E-state index contributed by atoms with van der Waals surface area (Å²) in [7, 11) is 0. The molecule has 0 aliphatic rings. The number of benzene rings is 1. The summed E-state index contributed by atoms with van der Waals surface area (Å²) in [5.41, 5.74) is 0.694. The van der Waals surface area contributed by atoms with E-state index in [2.05, 4.69) is 5.32 Å². The van der Waals surface area contributed by atoms with Crippen molar-refractivity contribution in [3.8, 4) is 0 Å². The third-order valence-electron chi connectivity index (χ3n) is 2.92. The van der Waals surface area contributed by atoms with Gasteiger partial charge in [-0.1, -0.05) is 0 Å². The van der Waals surface area contributed by atoms with Crippen LogP contribution in [0.2, 0.25) is 0 Å². The lowest BCUT2D eigenvalue weighted by Crippen LogP contribution is -2.40. The molecule has 2 N–H and O–H groups in total. The Morgan fingerprint density at radius 3 is 2.44 bits per heavy atom. The number of carboxylic acid groups (broad SMARTS) is 1. The molecule has 5 heteroatoms. The van der Waals surface area contributed by atoms with Gasteiger partial charge in [0.2, 0.25) is 0 Å². The summed E-state index contributed by atoms with van der Waals surface area (Å²) in [5.74, 6) is -2.44. The lowest BCUT2D eigenvalue weighted by Gasteiger charge is -2.17. The number of aliphatic carboxylic acids is 1. The Labute approximate surface area is 105 Å². The van der Waals surface area contributed by atoms with Crippen LogP contribution in [0.15, 0.2) is 18.2 Å². The molecule has 0 saturated carbocycles. The largest absolute Gasteiger partial charge is 0.481 e. The number of hydrogen-bond acceptors (Lipinski definition) is 2. The Morgan fingerprint density at radius 1 is 1.33 bits per heavy atom. The van der Waals surface area contributed by atoms with E-state index < -0.39 is 23.8 Å². The summed E-state index contributed by atoms with van der Waals surface area (Å²) >= 11 is 0. The average Bonchev–Trinajstić information content (AvgIpc) is 2.31. The summed E-state index contributed by atoms with van der Waals surface area (Å²) in [5, 5.41) is 11.4. The highest BCUT2D eigenvalue weighted by Crippen LogP contribution is 2.10. The van der Waals surface area contributed by atoms with Crippen LogP contribution in [0.4, 0.5) is 4.39 Å². The van der Waals surface area contributed by atoms with Crippen molar-refractivity contribution in [3.05, 3.63) is 35.1 Å². The predicted molar refractivity (Wildman–Crippen MR) is 64.9 cm³/mol. The van der Waals surface area contributed by atoms with Crippen LogP contribution in [0, 0.1) is 18.7 Å². The fourth-order valence-electron chi connectivity index (χ4n) is 1.41. The molecule has 0 saturated heterocycles. The molecule has 0 aromatic heterocycles. The van der Waals surface area contributed by atoms with Crippen LogP contribution in [0.25, 0.3) is 0 Å². The van der Waals surface area contributed by atoms with Gasteiger partial charge in [-0.15, -0.1) is 0 Å². The molecule has 0 spiro atoms. The van der Waals surface area contributed by atoms with E-state index in [-0.39, 0.29) is 5.82 Å². The molecule has 1 aromatic carbocycles. The number of hydrogen-bond donors (Lipinski definition) is 2. The molecular weight excluding hydrogens is 237 g/mol. The number of amides is 1. The molecule has 0 radical (unpaired) electrons. The maximum absolute atomic E-state index is 13.0. The first-order chi connectivity index (χ1) is 8.32. The predicted octanol–water partition coefficient (Wildman–Crippen LogP) is 1.97. The first kappa shape index (κ1) is 14.2. The van der Waals surface area contributed by atoms with E-state index in [9.17, 15) is 14.0 Å². The molecular formula is C13H16FNO3. The minimum absolute atomic E-state index is 0.318. The van der Waals surface area contributed by atoms with Crippen LogP contribution in [-0.4, -0.2) is 23.0 Å². The maximum Gasteiger partial charge on any atom is 0.308 e. The Hall–Kier alpha value is -1.91. The molecule has 0 heterocycles. The molecule has 0 aliphatic heterocycles. The molecule has 98 valence electrons. The number of carboxylic acids is 1. The fourth-order valence-corrected chi connectivity index (χ4v) is 1.41. The summed E-state index contributed by atoms with van der Waals surface area (Å²) in [6.45, 7) is 4.70. The number of nitrogens with one attached hydrogen (secondary N) is 1. The zero-order chi connectivity index (χ0) is 13.9. The third-order valence-corrected chi connectivity index (χ3v) is 2.92. The minimum atomic E-state index is -0.974. The molecule has 4 nitrogen and oxygen atoms in total. The van der Waals surface area contributed by atoms with Gasteiger partial charge < -0.3 is 10.4 Å². The van der Waals surface area contributed by atoms with Crippen molar-refractivity contribution in [2.24, 2.45) is 5.92 Å². The minimum Gasteiger partial charge on any atom is -0.481 e. The van der Waals surface area contributed by atoms with Crippen molar-refractivity contribution in [2.45, 2.75) is 26.8 Å². The summed E-state index contributed by atoms with van der Waals surface area (Å²) in [4.78, 5) is 22.6. The first-order valence-corrected chi connectivity index (χ1v) is 5.62. The average molecular weight is 253 g/mol. The third kappa shape index (κ3) is 3.29. The van der Waals surface area contributed by atoms with Gasteiger partial charge in [0, 0.05) is 11.6 Å². The van der Waals surface area contributed by atoms with Gasteiger partial charge in [-0.25, -0.2) is 4.39 Å². The Morgan fingerprint density at radius 2 is 1.94 bits per heavy atom. The van der Waals surface area contributed by atoms with Gasteiger partial charge in [0.25, 0.3) is 5.91 Å². The molecule has 2 atom stereocenters. The standard InChI is InChI=1S/C13H16FNO3/c1-7-6-10(4-5-11(7)14)12(16)15-9(3)8(2)13(17)18/h4-6,8-9H,1-3H3,(H,15,16)(H,17,18). The number of halogens is 1. The second-order valence-corrected chi connectivity index (χ2v) is 4.35. The van der Waals surface area contributed by atoms with E-state index in [1.807, 2.05) is 0 Å². The number of rotatable bonds is 4. The molecule has 1 aromatic rings. The Bertz CT molecular complexity index is 473. The second kappa shape index (κ2) is 5.62. The monoisotopic (exact) mass is 253 g/mol. The molecule has 0 fully saturated rings. The SMILES string of the molecule is Cc1cc(C(=O)NC(C)C(C)C(=O)O)ccc1F. The van der Waals surface area contributed by atoms with E-state index in [0.29, 0.717) is 11.1 Å². The highest BCUT2D eigenvalue weighted by Gasteiger charge is 2.21. The van der Waals surface area contributed by atoms with Gasteiger partial charge in [-0.2, -0.15) is 0 Å². The highest BCUT2D eigenvalue weighted by atomic mass is 19.1. The van der Waals surface area contributed by atoms with Crippen LogP contribution in [-0.2, 0) is 4.79 Å². The lowest BCUT2D eigenvalue weighted by atomic mass is 10.0. The van der Waals surface area contributed by atoms with Gasteiger partial charge in [0.05, 0.1) is 5.92 Å². The van der Waals surface area contributed by atoms with Crippen molar-refractivity contribution >= 4 is 11.9 Å². The second-order valence-electron chi connectivity index (χ2n) is 4.35. The number of carbonyl (C=O) groups is 2. The van der Waals surface area contributed by atoms with Crippen molar-refractivity contribution < 1.29 is 19.1 Å². The topological polar surface area (TPSA) is 66.4 Å². The number of aryl methyl sites for hydroxylation is 1. The zero-order valence-corrected chi connectivity index (χ0v) is 10.5. The number of carbonyl (C=O) groups excluding carboxylic acids is 1. The van der Waals surface area contributed by atoms with E-state index in [0.717, 1.165) is 0 Å². The normalized spacial score (nSPS) is 13.8. The van der Waals surface area contributed by atoms with Crippen LogP contribution in [0.3, 0.4) is 0 Å². The highest BCUT2D eigenvalue weighted by molar-refractivity contribution is 5.94. The summed E-state index contributed by atoms with van der Waals surface area (Å²) in [6.07, 6.45) is 0. The van der Waals surface area contributed by atoms with Crippen LogP contribution in [0.1, 0.15) is 29.8 Å². The van der Waals surface area contributed by atoms with Gasteiger partial charge >= 0.3 is 5.97 Å². The van der Waals surface area contributed by atoms with E-state index in [1.54, 1.807) is 13.8 Å². The van der Waals surface area contributed by atoms with Crippen LogP contribution < -0.4 is 5.32 Å². The van der Waals surface area contributed by atoms with Crippen LogP contribution >= 0.6 is 0 Å². The lowest BCUT2D eigenvalue weighted by molar-refractivity contribution is -0.141. The Balaban J connectivity index is 2.76. The molecule has 1 rings (SSSR count). The van der Waals surface area contributed by atoms with Gasteiger partial charge in [-0.05, 0) is 44.5 Å². The van der Waals surface area contributed by atoms with Crippen molar-refractivity contribution in [1.29, 1.82) is 0 Å². The van der Waals surface area contributed by atoms with Crippen molar-refractivity contribution in [2.75, 3.05) is 0 Å². The van der Waals surface area contributed by atoms with Crippen molar-refractivity contribution in [1.82, 2.24) is 5.32 Å². The van der Waals surface area contributed by atoms with E-state index in [1.165, 1.54) is 25.1 Å². The van der Waals surface area contributed by atoms with Gasteiger partial charge in [0.15, 0.2) is 0 Å². The van der Waals surface area contributed by atoms with E-state index >= 15 is 0 Å². The summed E-state index contributed by atoms with van der Waals surface area (Å²) < 4.78 is 13.0. The molecule has 18 heavy (non-hydrogen) atoms. The molecule has 0 bridgehead atoms. The Kier molecular flexibility index (Phi) is 4.42. The molecule has 1 amide bonds. The maximum atomic E-state index is 13.0. The quantitative estimate of drug-likeness (QED) is 0.862. The van der Waals surface area contributed by atoms with Crippen molar-refractivity contribution in [3.63, 3.8) is 0 Å². The summed E-state index contributed by atoms with van der Waals surface area (Å²) in [6, 6.07) is 3.52.